The Morgan fingerprint density at radius 3 is 2.21 bits per heavy atom. The van der Waals surface area contributed by atoms with E-state index in [1.165, 1.54) is 16.9 Å². The minimum atomic E-state index is -0.845. The number of rotatable bonds is 5. The van der Waals surface area contributed by atoms with Crippen molar-refractivity contribution >= 4 is 22.9 Å². The number of fused-ring (bicyclic) bond motifs is 1. The first-order valence-corrected chi connectivity index (χ1v) is 11.1. The van der Waals surface area contributed by atoms with E-state index in [9.17, 15) is 14.9 Å². The molecule has 9 heteroatoms. The molecule has 182 valence electrons. The smallest absolute Gasteiger partial charge is 0.428 e. The summed E-state index contributed by atoms with van der Waals surface area (Å²) in [4.78, 5) is 24.4. The maximum Gasteiger partial charge on any atom is 0.514 e. The summed E-state index contributed by atoms with van der Waals surface area (Å²) < 4.78 is 10.8. The summed E-state index contributed by atoms with van der Waals surface area (Å²) in [6, 6.07) is 9.79. The van der Waals surface area contributed by atoms with Gasteiger partial charge in [0.25, 0.3) is 5.69 Å². The van der Waals surface area contributed by atoms with Crippen molar-refractivity contribution in [2.45, 2.75) is 72.8 Å². The number of aromatic nitrogens is 3. The number of hydrogen-bond acceptors (Lipinski definition) is 7. The topological polar surface area (TPSA) is 109 Å². The molecule has 0 aliphatic heterocycles. The van der Waals surface area contributed by atoms with E-state index >= 15 is 0 Å². The minimum absolute atomic E-state index is 0.0789. The van der Waals surface area contributed by atoms with Gasteiger partial charge in [-0.3, -0.25) is 10.1 Å². The quantitative estimate of drug-likeness (QED) is 0.185. The Labute approximate surface area is 199 Å². The van der Waals surface area contributed by atoms with E-state index in [1.807, 2.05) is 12.1 Å². The standard InChI is InChI=1S/C25H32N4O5/c1-23(2,3)15-25(7,8)16-9-12-21(33-22(30)34-24(4,5)6)20(13-16)28-26-18-11-10-17(29(31)32)14-19(18)27-28/h9-14H,15H2,1-8H3. The normalized spacial score (nSPS) is 12.6. The van der Waals surface area contributed by atoms with Crippen molar-refractivity contribution in [3.8, 4) is 11.4 Å². The van der Waals surface area contributed by atoms with Crippen molar-refractivity contribution < 1.29 is 19.2 Å². The first kappa shape index (κ1) is 25.1. The number of hydrogen-bond donors (Lipinski definition) is 0. The van der Waals surface area contributed by atoms with Crippen LogP contribution in [0.3, 0.4) is 0 Å². The van der Waals surface area contributed by atoms with Gasteiger partial charge in [-0.2, -0.15) is 0 Å². The fourth-order valence-electron chi connectivity index (χ4n) is 4.09. The van der Waals surface area contributed by atoms with Crippen LogP contribution in [0.15, 0.2) is 36.4 Å². The van der Waals surface area contributed by atoms with Gasteiger partial charge in [-0.1, -0.05) is 40.7 Å². The second-order valence-corrected chi connectivity index (χ2v) is 11.3. The van der Waals surface area contributed by atoms with Crippen LogP contribution in [0.1, 0.15) is 67.4 Å². The molecule has 34 heavy (non-hydrogen) atoms. The van der Waals surface area contributed by atoms with Crippen molar-refractivity contribution in [3.63, 3.8) is 0 Å². The predicted octanol–water partition coefficient (Wildman–Crippen LogP) is 6.36. The SMILES string of the molecule is CC(C)(C)CC(C)(C)c1ccc(OC(=O)OC(C)(C)C)c(-n2nc3ccc([N+](=O)[O-])cc3n2)c1. The number of nitro groups is 1. The zero-order valence-corrected chi connectivity index (χ0v) is 21.0. The molecule has 0 bridgehead atoms. The van der Waals surface area contributed by atoms with E-state index < -0.39 is 16.7 Å². The van der Waals surface area contributed by atoms with Gasteiger partial charge in [0, 0.05) is 12.1 Å². The maximum atomic E-state index is 12.4. The molecule has 0 fully saturated rings. The van der Waals surface area contributed by atoms with Crippen LogP contribution in [0.5, 0.6) is 5.75 Å². The largest absolute Gasteiger partial charge is 0.514 e. The molecule has 0 atom stereocenters. The lowest BCUT2D eigenvalue weighted by Gasteiger charge is -2.33. The number of carbonyl (C=O) groups is 1. The summed E-state index contributed by atoms with van der Waals surface area (Å²) in [5, 5.41) is 20.1. The Morgan fingerprint density at radius 1 is 0.971 bits per heavy atom. The molecule has 0 radical (unpaired) electrons. The number of non-ortho nitro benzene ring substituents is 1. The van der Waals surface area contributed by atoms with Crippen LogP contribution >= 0.6 is 0 Å². The average Bonchev–Trinajstić information content (AvgIpc) is 3.07. The summed E-state index contributed by atoms with van der Waals surface area (Å²) in [5.41, 5.74) is 1.39. The number of ether oxygens (including phenoxy) is 2. The Hall–Kier alpha value is -3.49. The molecule has 3 rings (SSSR count). The van der Waals surface area contributed by atoms with Crippen LogP contribution < -0.4 is 4.74 Å². The van der Waals surface area contributed by atoms with Gasteiger partial charge < -0.3 is 9.47 Å². The number of benzene rings is 2. The van der Waals surface area contributed by atoms with Crippen LogP contribution in [-0.4, -0.2) is 31.7 Å². The van der Waals surface area contributed by atoms with Gasteiger partial charge in [0.1, 0.15) is 22.3 Å². The van der Waals surface area contributed by atoms with Gasteiger partial charge in [0.2, 0.25) is 0 Å². The maximum absolute atomic E-state index is 12.4. The van der Waals surface area contributed by atoms with E-state index in [1.54, 1.807) is 32.9 Å². The Morgan fingerprint density at radius 2 is 1.62 bits per heavy atom. The molecule has 9 nitrogen and oxygen atoms in total. The molecular weight excluding hydrogens is 436 g/mol. The third-order valence-electron chi connectivity index (χ3n) is 5.09. The number of nitrogens with zero attached hydrogens (tertiary/aromatic N) is 4. The molecule has 0 spiro atoms. The molecular formula is C25H32N4O5. The molecule has 0 saturated carbocycles. The Kier molecular flexibility index (Phi) is 6.43. The van der Waals surface area contributed by atoms with Crippen molar-refractivity contribution in [1.82, 2.24) is 15.0 Å². The molecule has 2 aromatic carbocycles. The lowest BCUT2D eigenvalue weighted by molar-refractivity contribution is -0.384. The molecule has 0 amide bonds. The summed E-state index contributed by atoms with van der Waals surface area (Å²) in [5.74, 6) is 0.222. The second-order valence-electron chi connectivity index (χ2n) is 11.3. The van der Waals surface area contributed by atoms with Crippen molar-refractivity contribution in [2.24, 2.45) is 5.41 Å². The van der Waals surface area contributed by atoms with Gasteiger partial charge in [-0.05, 0) is 61.8 Å². The van der Waals surface area contributed by atoms with Crippen molar-refractivity contribution in [2.75, 3.05) is 0 Å². The molecule has 0 aliphatic rings. The lowest BCUT2D eigenvalue weighted by Crippen LogP contribution is -2.27. The summed E-state index contributed by atoms with van der Waals surface area (Å²) in [6.45, 7) is 16.1. The van der Waals surface area contributed by atoms with E-state index in [0.717, 1.165) is 12.0 Å². The highest BCUT2D eigenvalue weighted by Gasteiger charge is 2.29. The molecule has 1 aromatic heterocycles. The fraction of sp³-hybridized carbons (Fsp3) is 0.480. The molecule has 0 N–H and O–H groups in total. The van der Waals surface area contributed by atoms with Crippen LogP contribution in [0.2, 0.25) is 0 Å². The Balaban J connectivity index is 2.11. The van der Waals surface area contributed by atoms with Gasteiger partial charge in [0.15, 0.2) is 5.75 Å². The van der Waals surface area contributed by atoms with E-state index in [4.69, 9.17) is 9.47 Å². The zero-order valence-electron chi connectivity index (χ0n) is 21.0. The second kappa shape index (κ2) is 8.70. The fourth-order valence-corrected chi connectivity index (χ4v) is 4.09. The molecule has 0 aliphatic carbocycles. The highest BCUT2D eigenvalue weighted by Crippen LogP contribution is 2.38. The van der Waals surface area contributed by atoms with Crippen molar-refractivity contribution in [3.05, 3.63) is 52.1 Å². The molecule has 0 unspecified atom stereocenters. The number of nitro benzene ring substituents is 1. The van der Waals surface area contributed by atoms with E-state index in [0.29, 0.717) is 16.7 Å². The van der Waals surface area contributed by atoms with Gasteiger partial charge in [0.05, 0.1) is 4.92 Å². The van der Waals surface area contributed by atoms with Crippen LogP contribution in [0.4, 0.5) is 10.5 Å². The third kappa shape index (κ3) is 6.09. The van der Waals surface area contributed by atoms with Crippen LogP contribution in [0, 0.1) is 15.5 Å². The first-order chi connectivity index (χ1) is 15.5. The predicted molar refractivity (Wildman–Crippen MR) is 129 cm³/mol. The third-order valence-corrected chi connectivity index (χ3v) is 5.09. The van der Waals surface area contributed by atoms with Gasteiger partial charge in [-0.25, -0.2) is 4.79 Å². The molecule has 1 heterocycles. The van der Waals surface area contributed by atoms with Crippen molar-refractivity contribution in [1.29, 1.82) is 0 Å². The average molecular weight is 469 g/mol. The highest BCUT2D eigenvalue weighted by atomic mass is 16.7. The summed E-state index contributed by atoms with van der Waals surface area (Å²) in [7, 11) is 0. The van der Waals surface area contributed by atoms with Gasteiger partial charge >= 0.3 is 6.16 Å². The van der Waals surface area contributed by atoms with E-state index in [2.05, 4.69) is 44.8 Å². The zero-order chi connectivity index (χ0) is 25.5. The summed E-state index contributed by atoms with van der Waals surface area (Å²) >= 11 is 0. The Bertz CT molecular complexity index is 1230. The highest BCUT2D eigenvalue weighted by molar-refractivity contribution is 5.77. The summed E-state index contributed by atoms with van der Waals surface area (Å²) in [6.07, 6.45) is 0.0645. The molecule has 0 saturated heterocycles. The van der Waals surface area contributed by atoms with Crippen LogP contribution in [-0.2, 0) is 10.2 Å². The van der Waals surface area contributed by atoms with E-state index in [-0.39, 0.29) is 22.3 Å². The van der Waals surface area contributed by atoms with Crippen LogP contribution in [0.25, 0.3) is 16.7 Å². The van der Waals surface area contributed by atoms with Gasteiger partial charge in [-0.15, -0.1) is 15.0 Å². The number of carbonyl (C=O) groups excluding carboxylic acids is 1. The minimum Gasteiger partial charge on any atom is -0.428 e. The monoisotopic (exact) mass is 468 g/mol. The first-order valence-electron chi connectivity index (χ1n) is 11.1. The molecule has 3 aromatic rings. The lowest BCUT2D eigenvalue weighted by atomic mass is 9.72.